The van der Waals surface area contributed by atoms with E-state index in [4.69, 9.17) is 14.2 Å². The first-order valence-corrected chi connectivity index (χ1v) is 7.49. The summed E-state index contributed by atoms with van der Waals surface area (Å²) in [5.74, 6) is -2.39. The molecule has 3 atom stereocenters. The van der Waals surface area contributed by atoms with Crippen LogP contribution in [-0.2, 0) is 23.9 Å². The highest BCUT2D eigenvalue weighted by molar-refractivity contribution is 5.99. The minimum absolute atomic E-state index is 0.0338. The molecule has 2 rings (SSSR count). The summed E-state index contributed by atoms with van der Waals surface area (Å²) in [6.45, 7) is 3.31. The van der Waals surface area contributed by atoms with Gasteiger partial charge in [0, 0.05) is 11.5 Å². The number of rotatable bonds is 6. The molecule has 0 saturated heterocycles. The van der Waals surface area contributed by atoms with Crippen molar-refractivity contribution in [1.82, 2.24) is 0 Å². The van der Waals surface area contributed by atoms with Gasteiger partial charge in [-0.25, -0.2) is 0 Å². The maximum atomic E-state index is 12.1. The Morgan fingerprint density at radius 3 is 2.57 bits per heavy atom. The van der Waals surface area contributed by atoms with Gasteiger partial charge in [-0.1, -0.05) is 18.2 Å². The van der Waals surface area contributed by atoms with E-state index in [0.29, 0.717) is 5.75 Å². The van der Waals surface area contributed by atoms with Gasteiger partial charge in [0.2, 0.25) is 0 Å². The molecule has 0 aliphatic carbocycles. The molecule has 0 amide bonds. The Bertz CT molecular complexity index is 609. The Morgan fingerprint density at radius 1 is 1.26 bits per heavy atom. The first-order valence-electron chi connectivity index (χ1n) is 7.49. The predicted octanol–water partition coefficient (Wildman–Crippen LogP) is 1.86. The summed E-state index contributed by atoms with van der Waals surface area (Å²) >= 11 is 0. The number of benzene rings is 1. The molecule has 6 nitrogen and oxygen atoms in total. The van der Waals surface area contributed by atoms with E-state index in [1.54, 1.807) is 31.2 Å². The van der Waals surface area contributed by atoms with E-state index in [0.717, 1.165) is 5.56 Å². The molecule has 6 heteroatoms. The summed E-state index contributed by atoms with van der Waals surface area (Å²) < 4.78 is 15.5. The molecule has 0 saturated carbocycles. The molecule has 1 aromatic carbocycles. The maximum absolute atomic E-state index is 12.1. The summed E-state index contributed by atoms with van der Waals surface area (Å²) in [6.07, 6.45) is -0.673. The topological polar surface area (TPSA) is 78.9 Å². The van der Waals surface area contributed by atoms with Gasteiger partial charge in [0.05, 0.1) is 20.1 Å². The van der Waals surface area contributed by atoms with Crippen molar-refractivity contribution in [2.75, 3.05) is 13.7 Å². The number of Topliss-reactive ketones (excluding diaryl/α,β-unsaturated/α-hetero) is 1. The van der Waals surface area contributed by atoms with Crippen molar-refractivity contribution in [3.63, 3.8) is 0 Å². The zero-order valence-electron chi connectivity index (χ0n) is 13.4. The van der Waals surface area contributed by atoms with E-state index in [1.165, 1.54) is 14.0 Å². The molecule has 23 heavy (non-hydrogen) atoms. The fourth-order valence-electron chi connectivity index (χ4n) is 2.94. The number of hydrogen-bond donors (Lipinski definition) is 0. The van der Waals surface area contributed by atoms with Gasteiger partial charge in [-0.15, -0.1) is 0 Å². The summed E-state index contributed by atoms with van der Waals surface area (Å²) in [5.41, 5.74) is 0.729. The minimum atomic E-state index is -1.01. The van der Waals surface area contributed by atoms with E-state index in [-0.39, 0.29) is 18.8 Å². The average molecular weight is 320 g/mol. The van der Waals surface area contributed by atoms with Crippen LogP contribution in [0.15, 0.2) is 24.3 Å². The average Bonchev–Trinajstić information content (AvgIpc) is 2.85. The highest BCUT2D eigenvalue weighted by Crippen LogP contribution is 2.44. The molecule has 0 fully saturated rings. The maximum Gasteiger partial charge on any atom is 0.316 e. The van der Waals surface area contributed by atoms with E-state index in [1.807, 2.05) is 0 Å². The molecule has 0 N–H and O–H groups in total. The largest absolute Gasteiger partial charge is 0.489 e. The summed E-state index contributed by atoms with van der Waals surface area (Å²) in [5, 5.41) is 0. The number of para-hydroxylation sites is 1. The zero-order valence-corrected chi connectivity index (χ0v) is 13.4. The van der Waals surface area contributed by atoms with Gasteiger partial charge in [-0.3, -0.25) is 14.4 Å². The Morgan fingerprint density at radius 2 is 1.96 bits per heavy atom. The smallest absolute Gasteiger partial charge is 0.316 e. The molecule has 1 heterocycles. The molecule has 0 bridgehead atoms. The van der Waals surface area contributed by atoms with Crippen LogP contribution in [0.3, 0.4) is 0 Å². The van der Waals surface area contributed by atoms with Gasteiger partial charge < -0.3 is 14.2 Å². The van der Waals surface area contributed by atoms with Crippen LogP contribution in [0.4, 0.5) is 0 Å². The number of esters is 2. The molecular formula is C17H20O6. The minimum Gasteiger partial charge on any atom is -0.489 e. The Balaban J connectivity index is 2.37. The van der Waals surface area contributed by atoms with Crippen molar-refractivity contribution >= 4 is 17.7 Å². The first kappa shape index (κ1) is 17.0. The third kappa shape index (κ3) is 3.52. The van der Waals surface area contributed by atoms with Crippen LogP contribution in [-0.4, -0.2) is 37.5 Å². The number of carbonyl (C=O) groups is 3. The fourth-order valence-corrected chi connectivity index (χ4v) is 2.94. The zero-order chi connectivity index (χ0) is 17.0. The van der Waals surface area contributed by atoms with Crippen LogP contribution in [0, 0.1) is 5.92 Å². The Hall–Kier alpha value is -2.37. The number of ketones is 1. The van der Waals surface area contributed by atoms with Crippen LogP contribution in [0.5, 0.6) is 5.75 Å². The van der Waals surface area contributed by atoms with Crippen molar-refractivity contribution in [1.29, 1.82) is 0 Å². The van der Waals surface area contributed by atoms with Crippen LogP contribution in [0.1, 0.15) is 31.7 Å². The molecule has 3 unspecified atom stereocenters. The highest BCUT2D eigenvalue weighted by Gasteiger charge is 2.46. The molecular weight excluding hydrogens is 300 g/mol. The summed E-state index contributed by atoms with van der Waals surface area (Å²) in [6, 6.07) is 7.14. The monoisotopic (exact) mass is 320 g/mol. The standard InChI is InChI=1S/C17H20O6/c1-4-22-14(19)9-13-16(15(10(2)18)17(20)21-3)11-7-5-6-8-12(11)23-13/h5-8,13,15-16H,4,9H2,1-3H3. The Kier molecular flexibility index (Phi) is 5.36. The molecule has 1 aliphatic rings. The highest BCUT2D eigenvalue weighted by atomic mass is 16.5. The van der Waals surface area contributed by atoms with Gasteiger partial charge in [-0.2, -0.15) is 0 Å². The van der Waals surface area contributed by atoms with Crippen LogP contribution in [0.2, 0.25) is 0 Å². The number of ether oxygens (including phenoxy) is 3. The van der Waals surface area contributed by atoms with Crippen molar-refractivity contribution in [2.24, 2.45) is 5.92 Å². The second-order valence-corrected chi connectivity index (χ2v) is 5.34. The number of fused-ring (bicyclic) bond motifs is 1. The van der Waals surface area contributed by atoms with Crippen molar-refractivity contribution in [3.05, 3.63) is 29.8 Å². The van der Waals surface area contributed by atoms with Crippen LogP contribution in [0.25, 0.3) is 0 Å². The lowest BCUT2D eigenvalue weighted by Gasteiger charge is -2.23. The SMILES string of the molecule is CCOC(=O)CC1Oc2ccccc2C1C(C(C)=O)C(=O)OC. The number of hydrogen-bond acceptors (Lipinski definition) is 6. The van der Waals surface area contributed by atoms with Gasteiger partial charge in [0.25, 0.3) is 0 Å². The van der Waals surface area contributed by atoms with Crippen molar-refractivity contribution < 1.29 is 28.6 Å². The number of methoxy groups -OCH3 is 1. The lowest BCUT2D eigenvalue weighted by molar-refractivity contribution is -0.153. The third-order valence-corrected chi connectivity index (χ3v) is 3.88. The normalized spacial score (nSPS) is 20.1. The molecule has 1 aliphatic heterocycles. The molecule has 0 aromatic heterocycles. The molecule has 0 radical (unpaired) electrons. The molecule has 0 spiro atoms. The van der Waals surface area contributed by atoms with Crippen LogP contribution >= 0.6 is 0 Å². The van der Waals surface area contributed by atoms with E-state index in [9.17, 15) is 14.4 Å². The summed E-state index contributed by atoms with van der Waals surface area (Å²) in [7, 11) is 1.24. The van der Waals surface area contributed by atoms with Gasteiger partial charge in [-0.05, 0) is 19.9 Å². The fraction of sp³-hybridized carbons (Fsp3) is 0.471. The van der Waals surface area contributed by atoms with E-state index in [2.05, 4.69) is 0 Å². The van der Waals surface area contributed by atoms with E-state index >= 15 is 0 Å². The van der Waals surface area contributed by atoms with Crippen LogP contribution < -0.4 is 4.74 Å². The van der Waals surface area contributed by atoms with E-state index < -0.39 is 29.9 Å². The van der Waals surface area contributed by atoms with Gasteiger partial charge in [0.15, 0.2) is 0 Å². The predicted molar refractivity (Wildman–Crippen MR) is 81.0 cm³/mol. The Labute approximate surface area is 134 Å². The van der Waals surface area contributed by atoms with Crippen molar-refractivity contribution in [2.45, 2.75) is 32.3 Å². The lowest BCUT2D eigenvalue weighted by atomic mass is 9.80. The van der Waals surface area contributed by atoms with Gasteiger partial charge >= 0.3 is 11.9 Å². The molecule has 1 aromatic rings. The van der Waals surface area contributed by atoms with Gasteiger partial charge in [0.1, 0.15) is 23.6 Å². The second kappa shape index (κ2) is 7.26. The number of carbonyl (C=O) groups excluding carboxylic acids is 3. The van der Waals surface area contributed by atoms with Crippen molar-refractivity contribution in [3.8, 4) is 5.75 Å². The third-order valence-electron chi connectivity index (χ3n) is 3.88. The second-order valence-electron chi connectivity index (χ2n) is 5.34. The lowest BCUT2D eigenvalue weighted by Crippen LogP contribution is -2.36. The first-order chi connectivity index (χ1) is 11.0. The summed E-state index contributed by atoms with van der Waals surface area (Å²) in [4.78, 5) is 35.9. The molecule has 124 valence electrons. The quantitative estimate of drug-likeness (QED) is 0.588.